The van der Waals surface area contributed by atoms with Crippen molar-refractivity contribution in [3.8, 4) is 0 Å². The Bertz CT molecular complexity index is 547. The summed E-state index contributed by atoms with van der Waals surface area (Å²) in [6.45, 7) is 3.65. The van der Waals surface area contributed by atoms with Gasteiger partial charge < -0.3 is 10.0 Å². The fraction of sp³-hybridized carbons (Fsp3) is 0.429. The zero-order valence-electron chi connectivity index (χ0n) is 11.0. The number of para-hydroxylation sites is 1. The highest BCUT2D eigenvalue weighted by atomic mass is 35.5. The van der Waals surface area contributed by atoms with Crippen LogP contribution in [-0.2, 0) is 0 Å². The first-order chi connectivity index (χ1) is 9.26. The molecule has 0 spiro atoms. The van der Waals surface area contributed by atoms with Crippen molar-refractivity contribution >= 4 is 28.3 Å². The molecular weight excluding hydrogens is 262 g/mol. The maximum Gasteiger partial charge on any atom is 0.224 e. The molecular formula is C14H18ClN3O. The van der Waals surface area contributed by atoms with E-state index in [-0.39, 0.29) is 11.9 Å². The number of aliphatic hydroxyl groups excluding tert-OH is 1. The largest absolute Gasteiger partial charge is 0.395 e. The van der Waals surface area contributed by atoms with Crippen molar-refractivity contribution in [3.05, 3.63) is 29.5 Å². The van der Waals surface area contributed by atoms with E-state index in [1.807, 2.05) is 24.3 Å². The van der Waals surface area contributed by atoms with Gasteiger partial charge in [-0.1, -0.05) is 25.5 Å². The molecule has 2 aromatic rings. The van der Waals surface area contributed by atoms with Crippen LogP contribution in [0.15, 0.2) is 24.3 Å². The van der Waals surface area contributed by atoms with Crippen LogP contribution in [0.1, 0.15) is 19.8 Å². The summed E-state index contributed by atoms with van der Waals surface area (Å²) < 4.78 is 0. The number of halogens is 1. The zero-order chi connectivity index (χ0) is 13.7. The fourth-order valence-corrected chi connectivity index (χ4v) is 2.24. The number of aromatic nitrogens is 2. The van der Waals surface area contributed by atoms with Gasteiger partial charge in [0.2, 0.25) is 5.28 Å². The quantitative estimate of drug-likeness (QED) is 0.826. The molecule has 1 heterocycles. The SMILES string of the molecule is CCCCN(CCO)c1nc(Cl)nc2ccccc12. The van der Waals surface area contributed by atoms with E-state index in [4.69, 9.17) is 11.6 Å². The third-order valence-electron chi connectivity index (χ3n) is 3.01. The Morgan fingerprint density at radius 2 is 2.00 bits per heavy atom. The molecule has 0 bridgehead atoms. The third-order valence-corrected chi connectivity index (χ3v) is 3.18. The van der Waals surface area contributed by atoms with Gasteiger partial charge in [0.15, 0.2) is 0 Å². The smallest absolute Gasteiger partial charge is 0.224 e. The number of fused-ring (bicyclic) bond motifs is 1. The van der Waals surface area contributed by atoms with Gasteiger partial charge in [0.1, 0.15) is 5.82 Å². The van der Waals surface area contributed by atoms with E-state index in [1.165, 1.54) is 0 Å². The molecule has 0 unspecified atom stereocenters. The van der Waals surface area contributed by atoms with Crippen molar-refractivity contribution in [2.24, 2.45) is 0 Å². The van der Waals surface area contributed by atoms with Crippen LogP contribution in [0.5, 0.6) is 0 Å². The average molecular weight is 280 g/mol. The number of benzene rings is 1. The Morgan fingerprint density at radius 1 is 1.21 bits per heavy atom. The van der Waals surface area contributed by atoms with Crippen LogP contribution in [0.4, 0.5) is 5.82 Å². The predicted molar refractivity (Wildman–Crippen MR) is 78.8 cm³/mol. The van der Waals surface area contributed by atoms with Gasteiger partial charge in [-0.05, 0) is 30.2 Å². The number of hydrogen-bond donors (Lipinski definition) is 1. The van der Waals surface area contributed by atoms with Gasteiger partial charge in [-0.3, -0.25) is 0 Å². The van der Waals surface area contributed by atoms with Gasteiger partial charge in [-0.2, -0.15) is 4.98 Å². The molecule has 4 nitrogen and oxygen atoms in total. The molecule has 1 aromatic carbocycles. The van der Waals surface area contributed by atoms with Crippen LogP contribution in [0.25, 0.3) is 10.9 Å². The first-order valence-corrected chi connectivity index (χ1v) is 6.92. The molecule has 0 aliphatic rings. The van der Waals surface area contributed by atoms with Crippen molar-refractivity contribution in [1.29, 1.82) is 0 Å². The van der Waals surface area contributed by atoms with E-state index in [0.717, 1.165) is 36.1 Å². The Balaban J connectivity index is 2.45. The summed E-state index contributed by atoms with van der Waals surface area (Å²) in [4.78, 5) is 10.6. The monoisotopic (exact) mass is 279 g/mol. The Labute approximate surface area is 118 Å². The van der Waals surface area contributed by atoms with Crippen molar-refractivity contribution < 1.29 is 5.11 Å². The second-order valence-corrected chi connectivity index (χ2v) is 4.74. The minimum Gasteiger partial charge on any atom is -0.395 e. The summed E-state index contributed by atoms with van der Waals surface area (Å²) in [5.41, 5.74) is 0.830. The molecule has 5 heteroatoms. The van der Waals surface area contributed by atoms with Crippen LogP contribution in [0.2, 0.25) is 5.28 Å². The van der Waals surface area contributed by atoms with Gasteiger partial charge in [-0.15, -0.1) is 0 Å². The number of hydrogen-bond acceptors (Lipinski definition) is 4. The van der Waals surface area contributed by atoms with Gasteiger partial charge in [0.25, 0.3) is 0 Å². The summed E-state index contributed by atoms with van der Waals surface area (Å²) in [5.74, 6) is 0.804. The molecule has 19 heavy (non-hydrogen) atoms. The second-order valence-electron chi connectivity index (χ2n) is 4.40. The predicted octanol–water partition coefficient (Wildman–Crippen LogP) is 2.88. The Kier molecular flexibility index (Phi) is 4.93. The highest BCUT2D eigenvalue weighted by Gasteiger charge is 2.13. The summed E-state index contributed by atoms with van der Waals surface area (Å²) in [7, 11) is 0. The Hall–Kier alpha value is -1.39. The minimum absolute atomic E-state index is 0.0969. The third kappa shape index (κ3) is 3.33. The van der Waals surface area contributed by atoms with Gasteiger partial charge in [0.05, 0.1) is 12.1 Å². The molecule has 2 rings (SSSR count). The fourth-order valence-electron chi connectivity index (χ4n) is 2.07. The number of unbranched alkanes of at least 4 members (excludes halogenated alkanes) is 1. The van der Waals surface area contributed by atoms with Crippen LogP contribution in [0, 0.1) is 0 Å². The highest BCUT2D eigenvalue weighted by Crippen LogP contribution is 2.25. The molecule has 0 radical (unpaired) electrons. The first-order valence-electron chi connectivity index (χ1n) is 6.54. The summed E-state index contributed by atoms with van der Waals surface area (Å²) in [6, 6.07) is 7.79. The number of anilines is 1. The molecule has 0 saturated carbocycles. The van der Waals surface area contributed by atoms with Crippen LogP contribution >= 0.6 is 11.6 Å². The lowest BCUT2D eigenvalue weighted by Gasteiger charge is -2.23. The maximum atomic E-state index is 9.22. The molecule has 0 fully saturated rings. The maximum absolute atomic E-state index is 9.22. The second kappa shape index (κ2) is 6.68. The van der Waals surface area contributed by atoms with E-state index in [9.17, 15) is 5.11 Å². The van der Waals surface area contributed by atoms with E-state index >= 15 is 0 Å². The molecule has 0 amide bonds. The van der Waals surface area contributed by atoms with Crippen molar-refractivity contribution in [2.45, 2.75) is 19.8 Å². The van der Waals surface area contributed by atoms with Crippen molar-refractivity contribution in [3.63, 3.8) is 0 Å². The van der Waals surface area contributed by atoms with Crippen LogP contribution in [0.3, 0.4) is 0 Å². The van der Waals surface area contributed by atoms with E-state index in [2.05, 4.69) is 21.8 Å². The molecule has 1 aromatic heterocycles. The van der Waals surface area contributed by atoms with Crippen molar-refractivity contribution in [1.82, 2.24) is 9.97 Å². The molecule has 0 atom stereocenters. The lowest BCUT2D eigenvalue weighted by atomic mass is 10.2. The molecule has 0 aliphatic heterocycles. The van der Waals surface area contributed by atoms with Gasteiger partial charge in [0, 0.05) is 18.5 Å². The number of rotatable bonds is 6. The van der Waals surface area contributed by atoms with Crippen molar-refractivity contribution in [2.75, 3.05) is 24.6 Å². The first kappa shape index (κ1) is 14.0. The highest BCUT2D eigenvalue weighted by molar-refractivity contribution is 6.28. The minimum atomic E-state index is 0.0969. The van der Waals surface area contributed by atoms with Crippen LogP contribution < -0.4 is 4.90 Å². The lowest BCUT2D eigenvalue weighted by molar-refractivity contribution is 0.301. The van der Waals surface area contributed by atoms with Gasteiger partial charge in [-0.25, -0.2) is 4.98 Å². The normalized spacial score (nSPS) is 10.9. The average Bonchev–Trinajstić information content (AvgIpc) is 2.42. The standard InChI is InChI=1S/C14H18ClN3O/c1-2-3-8-18(9-10-19)13-11-6-4-5-7-12(11)16-14(15)17-13/h4-7,19H,2-3,8-10H2,1H3. The molecule has 1 N–H and O–H groups in total. The summed E-state index contributed by atoms with van der Waals surface area (Å²) in [5, 5.41) is 10.4. The van der Waals surface area contributed by atoms with E-state index in [1.54, 1.807) is 0 Å². The molecule has 0 aliphatic carbocycles. The summed E-state index contributed by atoms with van der Waals surface area (Å²) in [6.07, 6.45) is 2.15. The van der Waals surface area contributed by atoms with Crippen LogP contribution in [-0.4, -0.2) is 34.8 Å². The zero-order valence-corrected chi connectivity index (χ0v) is 11.8. The molecule has 102 valence electrons. The summed E-state index contributed by atoms with van der Waals surface area (Å²) >= 11 is 5.99. The number of nitrogens with zero attached hydrogens (tertiary/aromatic N) is 3. The Morgan fingerprint density at radius 3 is 2.74 bits per heavy atom. The van der Waals surface area contributed by atoms with Gasteiger partial charge >= 0.3 is 0 Å². The molecule has 0 saturated heterocycles. The lowest BCUT2D eigenvalue weighted by Crippen LogP contribution is -2.29. The number of aliphatic hydroxyl groups is 1. The van der Waals surface area contributed by atoms with E-state index < -0.39 is 0 Å². The van der Waals surface area contributed by atoms with E-state index in [0.29, 0.717) is 6.54 Å². The topological polar surface area (TPSA) is 49.2 Å².